The topological polar surface area (TPSA) is 92.4 Å². The van der Waals surface area contributed by atoms with Gasteiger partial charge in [-0.2, -0.15) is 4.37 Å². The Labute approximate surface area is 204 Å². The molecule has 3 aromatic rings. The SMILES string of the molecule is CCOCCSC(SCCOC(C)=O)c1nsc2ccc(-n3c(=O)cc(C)n(C)c3=O)cc12. The first-order valence-electron chi connectivity index (χ1n) is 10.5. The second-order valence-electron chi connectivity index (χ2n) is 7.16. The van der Waals surface area contributed by atoms with E-state index in [0.717, 1.165) is 21.5 Å². The lowest BCUT2D eigenvalue weighted by molar-refractivity contribution is -0.140. The Morgan fingerprint density at radius 2 is 1.91 bits per heavy atom. The first kappa shape index (κ1) is 25.5. The Bertz CT molecular complexity index is 1230. The van der Waals surface area contributed by atoms with Crippen molar-refractivity contribution in [1.29, 1.82) is 0 Å². The van der Waals surface area contributed by atoms with Crippen LogP contribution in [0, 0.1) is 6.92 Å². The standard InChI is InChI=1S/C22H27N3O5S3/c1-5-29-8-10-31-21(32-11-9-30-15(3)26)20-17-13-16(6-7-18(17)33-23-20)25-19(27)12-14(2)24(4)22(25)28/h6-7,12-13,21H,5,8-11H2,1-4H3. The number of fused-ring (bicyclic) bond motifs is 1. The molecule has 178 valence electrons. The van der Waals surface area contributed by atoms with Gasteiger partial charge in [0.15, 0.2) is 0 Å². The van der Waals surface area contributed by atoms with Crippen LogP contribution in [-0.4, -0.2) is 50.8 Å². The Hall–Kier alpha value is -2.08. The first-order chi connectivity index (χ1) is 15.8. The summed E-state index contributed by atoms with van der Waals surface area (Å²) in [6.07, 6.45) is 0. The molecule has 1 unspecified atom stereocenters. The summed E-state index contributed by atoms with van der Waals surface area (Å²) in [5, 5.41) is 0.904. The number of nitrogens with zero attached hydrogens (tertiary/aromatic N) is 3. The van der Waals surface area contributed by atoms with Crippen molar-refractivity contribution in [2.45, 2.75) is 25.4 Å². The van der Waals surface area contributed by atoms with Crippen molar-refractivity contribution in [2.24, 2.45) is 7.05 Å². The number of ether oxygens (including phenoxy) is 2. The van der Waals surface area contributed by atoms with Crippen LogP contribution in [0.5, 0.6) is 0 Å². The van der Waals surface area contributed by atoms with Crippen LogP contribution in [0.2, 0.25) is 0 Å². The molecule has 0 radical (unpaired) electrons. The number of thioether (sulfide) groups is 2. The number of carbonyl (C=O) groups excluding carboxylic acids is 1. The third kappa shape index (κ3) is 6.28. The van der Waals surface area contributed by atoms with Crippen molar-refractivity contribution < 1.29 is 14.3 Å². The molecule has 2 aromatic heterocycles. The first-order valence-corrected chi connectivity index (χ1v) is 13.3. The van der Waals surface area contributed by atoms with E-state index < -0.39 is 0 Å². The Morgan fingerprint density at radius 3 is 2.61 bits per heavy atom. The summed E-state index contributed by atoms with van der Waals surface area (Å²) in [6.45, 7) is 6.70. The Morgan fingerprint density at radius 1 is 1.18 bits per heavy atom. The summed E-state index contributed by atoms with van der Waals surface area (Å²) in [4.78, 5) is 36.5. The minimum absolute atomic E-state index is 0.0115. The molecule has 33 heavy (non-hydrogen) atoms. The molecule has 0 N–H and O–H groups in total. The van der Waals surface area contributed by atoms with Gasteiger partial charge in [0.05, 0.1) is 27.3 Å². The normalized spacial score (nSPS) is 12.2. The fraction of sp³-hybridized carbons (Fsp3) is 0.455. The van der Waals surface area contributed by atoms with Crippen molar-refractivity contribution in [3.05, 3.63) is 56.5 Å². The van der Waals surface area contributed by atoms with Crippen LogP contribution in [0.3, 0.4) is 0 Å². The minimum atomic E-state index is -0.387. The van der Waals surface area contributed by atoms with Crippen LogP contribution in [0.15, 0.2) is 33.9 Å². The molecule has 1 aromatic carbocycles. The second kappa shape index (κ2) is 11.9. The van der Waals surface area contributed by atoms with E-state index in [-0.39, 0.29) is 21.8 Å². The van der Waals surface area contributed by atoms with Gasteiger partial charge in [0.25, 0.3) is 5.56 Å². The van der Waals surface area contributed by atoms with Crippen LogP contribution < -0.4 is 11.2 Å². The monoisotopic (exact) mass is 509 g/mol. The number of esters is 1. The number of hydrogen-bond donors (Lipinski definition) is 0. The zero-order chi connectivity index (χ0) is 24.0. The van der Waals surface area contributed by atoms with Crippen molar-refractivity contribution >= 4 is 51.1 Å². The molecule has 0 saturated heterocycles. The van der Waals surface area contributed by atoms with Gasteiger partial charge in [-0.1, -0.05) is 0 Å². The molecule has 0 aliphatic rings. The quantitative estimate of drug-likeness (QED) is 0.220. The molecule has 0 amide bonds. The minimum Gasteiger partial charge on any atom is -0.465 e. The number of benzene rings is 1. The van der Waals surface area contributed by atoms with Gasteiger partial charge < -0.3 is 14.0 Å². The Kier molecular flexibility index (Phi) is 9.19. The molecule has 0 aliphatic heterocycles. The maximum atomic E-state index is 12.8. The molecule has 0 saturated carbocycles. The Balaban J connectivity index is 1.96. The average molecular weight is 510 g/mol. The van der Waals surface area contributed by atoms with E-state index in [4.69, 9.17) is 13.8 Å². The largest absolute Gasteiger partial charge is 0.465 e. The molecule has 0 spiro atoms. The summed E-state index contributed by atoms with van der Waals surface area (Å²) in [6, 6.07) is 6.97. The van der Waals surface area contributed by atoms with Crippen LogP contribution in [0.4, 0.5) is 0 Å². The van der Waals surface area contributed by atoms with Crippen molar-refractivity contribution in [3.8, 4) is 5.69 Å². The molecule has 3 rings (SSSR count). The third-order valence-electron chi connectivity index (χ3n) is 4.88. The molecular formula is C22H27N3O5S3. The van der Waals surface area contributed by atoms with Gasteiger partial charge in [-0.3, -0.25) is 9.59 Å². The van der Waals surface area contributed by atoms with Crippen molar-refractivity contribution in [1.82, 2.24) is 13.5 Å². The van der Waals surface area contributed by atoms with Gasteiger partial charge in [-0.15, -0.1) is 23.5 Å². The predicted octanol–water partition coefficient (Wildman–Crippen LogP) is 3.52. The predicted molar refractivity (Wildman–Crippen MR) is 136 cm³/mol. The van der Waals surface area contributed by atoms with E-state index in [1.165, 1.54) is 33.7 Å². The highest BCUT2D eigenvalue weighted by Gasteiger charge is 2.20. The van der Waals surface area contributed by atoms with Crippen LogP contribution in [-0.2, 0) is 21.3 Å². The fourth-order valence-corrected chi connectivity index (χ4v) is 6.52. The van der Waals surface area contributed by atoms with Gasteiger partial charge in [-0.25, -0.2) is 9.36 Å². The van der Waals surface area contributed by atoms with Crippen molar-refractivity contribution in [2.75, 3.05) is 31.3 Å². The number of hydrogen-bond acceptors (Lipinski definition) is 9. The van der Waals surface area contributed by atoms with Gasteiger partial charge in [0.1, 0.15) is 6.61 Å². The van der Waals surface area contributed by atoms with Crippen LogP contribution in [0.25, 0.3) is 15.8 Å². The summed E-state index contributed by atoms with van der Waals surface area (Å²) in [7, 11) is 1.65. The maximum Gasteiger partial charge on any atom is 0.335 e. The van der Waals surface area contributed by atoms with E-state index in [1.807, 2.05) is 19.1 Å². The molecule has 0 bridgehead atoms. The van der Waals surface area contributed by atoms with E-state index in [0.29, 0.717) is 37.0 Å². The summed E-state index contributed by atoms with van der Waals surface area (Å²) < 4.78 is 18.9. The summed E-state index contributed by atoms with van der Waals surface area (Å²) in [5.41, 5.74) is 1.25. The van der Waals surface area contributed by atoms with Crippen LogP contribution >= 0.6 is 35.1 Å². The summed E-state index contributed by atoms with van der Waals surface area (Å²) >= 11 is 4.74. The molecule has 1 atom stereocenters. The lowest BCUT2D eigenvalue weighted by atomic mass is 10.2. The number of aryl methyl sites for hydroxylation is 1. The molecule has 0 aliphatic carbocycles. The zero-order valence-electron chi connectivity index (χ0n) is 19.0. The molecule has 11 heteroatoms. The van der Waals surface area contributed by atoms with Gasteiger partial charge in [-0.05, 0) is 43.6 Å². The number of carbonyl (C=O) groups is 1. The average Bonchev–Trinajstić information content (AvgIpc) is 3.19. The smallest absolute Gasteiger partial charge is 0.335 e. The van der Waals surface area contributed by atoms with Gasteiger partial charge in [0.2, 0.25) is 0 Å². The molecule has 8 nitrogen and oxygen atoms in total. The van der Waals surface area contributed by atoms with E-state index in [2.05, 4.69) is 0 Å². The van der Waals surface area contributed by atoms with Crippen molar-refractivity contribution in [3.63, 3.8) is 0 Å². The molecule has 0 fully saturated rings. The highest BCUT2D eigenvalue weighted by Crippen LogP contribution is 2.43. The third-order valence-corrected chi connectivity index (χ3v) is 8.40. The second-order valence-corrected chi connectivity index (χ2v) is 10.7. The lowest BCUT2D eigenvalue weighted by Gasteiger charge is -2.15. The van der Waals surface area contributed by atoms with Crippen LogP contribution in [0.1, 0.15) is 29.8 Å². The van der Waals surface area contributed by atoms with E-state index >= 15 is 0 Å². The lowest BCUT2D eigenvalue weighted by Crippen LogP contribution is -2.38. The zero-order valence-corrected chi connectivity index (χ0v) is 21.5. The highest BCUT2D eigenvalue weighted by molar-refractivity contribution is 8.16. The number of rotatable bonds is 11. The van der Waals surface area contributed by atoms with Gasteiger partial charge in [0, 0.05) is 49.2 Å². The maximum absolute atomic E-state index is 12.8. The summed E-state index contributed by atoms with van der Waals surface area (Å²) in [5.74, 6) is 1.11. The van der Waals surface area contributed by atoms with E-state index in [9.17, 15) is 14.4 Å². The highest BCUT2D eigenvalue weighted by atomic mass is 32.2. The van der Waals surface area contributed by atoms with Gasteiger partial charge >= 0.3 is 11.7 Å². The fourth-order valence-electron chi connectivity index (χ4n) is 3.13. The van der Waals surface area contributed by atoms with E-state index in [1.54, 1.807) is 43.6 Å². The molecular weight excluding hydrogens is 482 g/mol. The molecule has 2 heterocycles. The number of aromatic nitrogens is 3.